The van der Waals surface area contributed by atoms with Crippen LogP contribution >= 0.6 is 22.6 Å². The van der Waals surface area contributed by atoms with Crippen molar-refractivity contribution in [2.24, 2.45) is 0 Å². The monoisotopic (exact) mass is 281 g/mol. The highest BCUT2D eigenvalue weighted by molar-refractivity contribution is 14.1. The Labute approximate surface area is 90.0 Å². The number of alkyl halides is 1. The van der Waals surface area contributed by atoms with Gasteiger partial charge in [0.25, 0.3) is 0 Å². The molecule has 0 aromatic rings. The van der Waals surface area contributed by atoms with Crippen molar-refractivity contribution in [3.63, 3.8) is 0 Å². The predicted octanol–water partition coefficient (Wildman–Crippen LogP) is 3.07. The van der Waals surface area contributed by atoms with Crippen LogP contribution in [0, 0.1) is 0 Å². The fourth-order valence-corrected chi connectivity index (χ4v) is 2.65. The van der Waals surface area contributed by atoms with E-state index < -0.39 is 0 Å². The van der Waals surface area contributed by atoms with E-state index in [2.05, 4.69) is 48.3 Å². The summed E-state index contributed by atoms with van der Waals surface area (Å²) < 4.78 is 0.512. The van der Waals surface area contributed by atoms with Gasteiger partial charge < -0.3 is 0 Å². The van der Waals surface area contributed by atoms with Gasteiger partial charge in [-0.1, -0.05) is 29.0 Å². The van der Waals surface area contributed by atoms with Gasteiger partial charge in [-0.3, -0.25) is 4.90 Å². The number of hydrogen-bond acceptors (Lipinski definition) is 1. The minimum Gasteiger partial charge on any atom is -0.300 e. The lowest BCUT2D eigenvalue weighted by Gasteiger charge is -2.30. The Morgan fingerprint density at radius 2 is 2.00 bits per heavy atom. The van der Waals surface area contributed by atoms with Crippen LogP contribution in [0.2, 0.25) is 0 Å². The molecule has 1 atom stereocenters. The first-order valence-electron chi connectivity index (χ1n) is 4.94. The third-order valence-corrected chi connectivity index (χ3v) is 3.54. The van der Waals surface area contributed by atoms with Gasteiger partial charge in [0.2, 0.25) is 0 Å². The Bertz CT molecular complexity index is 143. The molecule has 0 spiro atoms. The maximum absolute atomic E-state index is 2.62. The van der Waals surface area contributed by atoms with Crippen LogP contribution in [0.3, 0.4) is 0 Å². The molecule has 0 aromatic carbocycles. The molecule has 1 fully saturated rings. The fourth-order valence-electron chi connectivity index (χ4n) is 1.83. The maximum atomic E-state index is 2.62. The summed E-state index contributed by atoms with van der Waals surface area (Å²) in [5, 5.41) is 0. The molecule has 2 heteroatoms. The van der Waals surface area contributed by atoms with Gasteiger partial charge >= 0.3 is 0 Å². The van der Waals surface area contributed by atoms with Gasteiger partial charge in [-0.25, -0.2) is 0 Å². The summed E-state index contributed by atoms with van der Waals surface area (Å²) in [6, 6.07) is 0.720. The van der Waals surface area contributed by atoms with Crippen molar-refractivity contribution in [2.75, 3.05) is 13.1 Å². The fraction of sp³-hybridized carbons (Fsp3) is 1.00. The van der Waals surface area contributed by atoms with Gasteiger partial charge in [-0.2, -0.15) is 0 Å². The maximum Gasteiger partial charge on any atom is 0.0321 e. The van der Waals surface area contributed by atoms with Crippen LogP contribution in [0.1, 0.15) is 40.0 Å². The Balaban J connectivity index is 2.54. The van der Waals surface area contributed by atoms with Crippen LogP contribution in [0.15, 0.2) is 0 Å². The summed E-state index contributed by atoms with van der Waals surface area (Å²) in [6.07, 6.45) is 4.18. The van der Waals surface area contributed by atoms with Crippen LogP contribution < -0.4 is 0 Å². The van der Waals surface area contributed by atoms with Crippen LogP contribution in [0.4, 0.5) is 0 Å². The van der Waals surface area contributed by atoms with E-state index in [1.807, 2.05) is 0 Å². The number of likely N-dealkylation sites (tertiary alicyclic amines) is 1. The molecule has 0 bridgehead atoms. The Morgan fingerprint density at radius 1 is 1.33 bits per heavy atom. The molecule has 0 radical (unpaired) electrons. The Kier molecular flexibility index (Phi) is 3.83. The summed E-state index contributed by atoms with van der Waals surface area (Å²) in [7, 11) is 0. The lowest BCUT2D eigenvalue weighted by atomic mass is 10.1. The van der Waals surface area contributed by atoms with Crippen molar-refractivity contribution in [2.45, 2.75) is 49.5 Å². The van der Waals surface area contributed by atoms with Crippen LogP contribution in [-0.2, 0) is 0 Å². The molecule has 0 aromatic heterocycles. The second-order valence-corrected chi connectivity index (χ2v) is 7.04. The topological polar surface area (TPSA) is 3.24 Å². The molecule has 1 rings (SSSR count). The molecule has 0 amide bonds. The lowest BCUT2D eigenvalue weighted by Crippen LogP contribution is -2.39. The summed E-state index contributed by atoms with van der Waals surface area (Å²) in [4.78, 5) is 2.61. The van der Waals surface area contributed by atoms with E-state index in [9.17, 15) is 0 Å². The minimum absolute atomic E-state index is 0.512. The van der Waals surface area contributed by atoms with Crippen molar-refractivity contribution in [1.29, 1.82) is 0 Å². The molecule has 1 nitrogen and oxygen atoms in total. The normalized spacial score (nSPS) is 33.8. The zero-order valence-electron chi connectivity index (χ0n) is 8.44. The number of halogens is 1. The van der Waals surface area contributed by atoms with E-state index in [4.69, 9.17) is 0 Å². The molecular weight excluding hydrogens is 261 g/mol. The number of nitrogens with zero attached hydrogens (tertiary/aromatic N) is 1. The first kappa shape index (κ1) is 10.8. The molecule has 0 N–H and O–H groups in total. The second-order valence-electron chi connectivity index (χ2n) is 4.43. The van der Waals surface area contributed by atoms with Gasteiger partial charge in [-0.15, -0.1) is 0 Å². The van der Waals surface area contributed by atoms with Crippen molar-refractivity contribution >= 4 is 22.6 Å². The molecule has 1 aliphatic heterocycles. The predicted molar refractivity (Wildman–Crippen MR) is 63.0 cm³/mol. The van der Waals surface area contributed by atoms with Crippen LogP contribution in [0.25, 0.3) is 0 Å². The number of rotatable bonds is 1. The summed E-state index contributed by atoms with van der Waals surface area (Å²) in [5.74, 6) is 0. The quantitative estimate of drug-likeness (QED) is 0.527. The van der Waals surface area contributed by atoms with Gasteiger partial charge in [0.1, 0.15) is 0 Å². The van der Waals surface area contributed by atoms with E-state index in [1.54, 1.807) is 0 Å². The smallest absolute Gasteiger partial charge is 0.0321 e. The van der Waals surface area contributed by atoms with Crippen molar-refractivity contribution in [3.05, 3.63) is 0 Å². The highest BCUT2D eigenvalue weighted by Crippen LogP contribution is 2.29. The Hall–Kier alpha value is 0.690. The first-order valence-corrected chi connectivity index (χ1v) is 6.02. The molecule has 0 saturated carbocycles. The van der Waals surface area contributed by atoms with E-state index in [0.717, 1.165) is 6.04 Å². The zero-order chi connectivity index (χ0) is 9.19. The summed E-state index contributed by atoms with van der Waals surface area (Å²) in [6.45, 7) is 9.56. The summed E-state index contributed by atoms with van der Waals surface area (Å²) in [5.41, 5.74) is 0. The largest absolute Gasteiger partial charge is 0.300 e. The SMILES string of the molecule is CC(C)N1CCCCC(C)(I)C1. The molecule has 72 valence electrons. The highest BCUT2D eigenvalue weighted by Gasteiger charge is 2.27. The van der Waals surface area contributed by atoms with E-state index in [1.165, 1.54) is 32.4 Å². The molecular formula is C10H20IN. The summed E-state index contributed by atoms with van der Waals surface area (Å²) >= 11 is 2.62. The lowest BCUT2D eigenvalue weighted by molar-refractivity contribution is 0.220. The van der Waals surface area contributed by atoms with Crippen LogP contribution in [0.5, 0.6) is 0 Å². The molecule has 0 aliphatic carbocycles. The molecule has 12 heavy (non-hydrogen) atoms. The average molecular weight is 281 g/mol. The number of hydrogen-bond donors (Lipinski definition) is 0. The van der Waals surface area contributed by atoms with Gasteiger partial charge in [0.05, 0.1) is 0 Å². The second kappa shape index (κ2) is 4.27. The van der Waals surface area contributed by atoms with Gasteiger partial charge in [0.15, 0.2) is 0 Å². The molecule has 1 aliphatic rings. The van der Waals surface area contributed by atoms with E-state index in [-0.39, 0.29) is 0 Å². The Morgan fingerprint density at radius 3 is 2.58 bits per heavy atom. The highest BCUT2D eigenvalue weighted by atomic mass is 127. The molecule has 1 saturated heterocycles. The average Bonchev–Trinajstić information content (AvgIpc) is 2.10. The minimum atomic E-state index is 0.512. The molecule has 1 heterocycles. The third-order valence-electron chi connectivity index (χ3n) is 2.66. The van der Waals surface area contributed by atoms with E-state index >= 15 is 0 Å². The first-order chi connectivity index (χ1) is 5.51. The van der Waals surface area contributed by atoms with E-state index in [0.29, 0.717) is 3.42 Å². The standard InChI is InChI=1S/C10H20IN/c1-9(2)12-7-5-4-6-10(3,11)8-12/h9H,4-8H2,1-3H3. The van der Waals surface area contributed by atoms with Crippen molar-refractivity contribution in [1.82, 2.24) is 4.90 Å². The van der Waals surface area contributed by atoms with Crippen molar-refractivity contribution in [3.8, 4) is 0 Å². The van der Waals surface area contributed by atoms with Crippen LogP contribution in [-0.4, -0.2) is 27.5 Å². The zero-order valence-corrected chi connectivity index (χ0v) is 10.6. The molecule has 1 unspecified atom stereocenters. The van der Waals surface area contributed by atoms with Gasteiger partial charge in [-0.05, 0) is 40.2 Å². The third kappa shape index (κ3) is 3.21. The van der Waals surface area contributed by atoms with Crippen molar-refractivity contribution < 1.29 is 0 Å². The van der Waals surface area contributed by atoms with Gasteiger partial charge in [0, 0.05) is 16.0 Å².